The van der Waals surface area contributed by atoms with Crippen molar-refractivity contribution < 1.29 is 0 Å². The molecule has 1 aromatic carbocycles. The van der Waals surface area contributed by atoms with Crippen molar-refractivity contribution in [3.05, 3.63) is 46.2 Å². The first kappa shape index (κ1) is 11.4. The average molecular weight is 280 g/mol. The van der Waals surface area contributed by atoms with Crippen LogP contribution in [0.15, 0.2) is 35.1 Å². The topological polar surface area (TPSA) is 29.9 Å². The normalized spacial score (nSPS) is 10.7. The van der Waals surface area contributed by atoms with Crippen LogP contribution in [-0.4, -0.2) is 16.8 Å². The molecule has 0 spiro atoms. The first-order valence-electron chi connectivity index (χ1n) is 5.15. The summed E-state index contributed by atoms with van der Waals surface area (Å²) in [5.41, 5.74) is 3.48. The molecule has 0 bridgehead atoms. The highest BCUT2D eigenvalue weighted by molar-refractivity contribution is 9.10. The molecule has 1 N–H and O–H groups in total. The smallest absolute Gasteiger partial charge is 0.0649 e. The van der Waals surface area contributed by atoms with Crippen molar-refractivity contribution in [1.82, 2.24) is 15.1 Å². The Labute approximate surface area is 104 Å². The lowest BCUT2D eigenvalue weighted by atomic mass is 10.2. The van der Waals surface area contributed by atoms with Crippen molar-refractivity contribution in [2.24, 2.45) is 0 Å². The SMILES string of the molecule is CNCc1cnn(-c2ccc(Br)c(C)c2)c1. The molecule has 0 saturated carbocycles. The second-order valence-electron chi connectivity index (χ2n) is 3.76. The van der Waals surface area contributed by atoms with Crippen LogP contribution in [0.1, 0.15) is 11.1 Å². The van der Waals surface area contributed by atoms with Crippen molar-refractivity contribution in [3.8, 4) is 5.69 Å². The number of nitrogens with zero attached hydrogens (tertiary/aromatic N) is 2. The molecule has 0 aliphatic rings. The van der Waals surface area contributed by atoms with Crippen LogP contribution >= 0.6 is 15.9 Å². The van der Waals surface area contributed by atoms with Crippen LogP contribution in [0.3, 0.4) is 0 Å². The molecule has 1 heterocycles. The second-order valence-corrected chi connectivity index (χ2v) is 4.61. The fourth-order valence-corrected chi connectivity index (χ4v) is 1.81. The number of rotatable bonds is 3. The maximum atomic E-state index is 4.34. The third-order valence-corrected chi connectivity index (χ3v) is 3.31. The second kappa shape index (κ2) is 4.80. The highest BCUT2D eigenvalue weighted by Gasteiger charge is 2.02. The van der Waals surface area contributed by atoms with E-state index >= 15 is 0 Å². The molecular weight excluding hydrogens is 266 g/mol. The van der Waals surface area contributed by atoms with E-state index in [0.29, 0.717) is 0 Å². The van der Waals surface area contributed by atoms with Crippen molar-refractivity contribution in [1.29, 1.82) is 0 Å². The number of halogens is 1. The number of aromatic nitrogens is 2. The maximum absolute atomic E-state index is 4.34. The predicted octanol–water partition coefficient (Wildman–Crippen LogP) is 2.66. The van der Waals surface area contributed by atoms with Gasteiger partial charge in [0, 0.05) is 22.8 Å². The van der Waals surface area contributed by atoms with Crippen LogP contribution in [0.5, 0.6) is 0 Å². The third kappa shape index (κ3) is 2.33. The largest absolute Gasteiger partial charge is 0.316 e. The van der Waals surface area contributed by atoms with Gasteiger partial charge in [-0.2, -0.15) is 5.10 Å². The minimum Gasteiger partial charge on any atom is -0.316 e. The molecule has 4 heteroatoms. The van der Waals surface area contributed by atoms with Gasteiger partial charge in [0.05, 0.1) is 11.9 Å². The monoisotopic (exact) mass is 279 g/mol. The Kier molecular flexibility index (Phi) is 3.41. The van der Waals surface area contributed by atoms with Gasteiger partial charge in [0.2, 0.25) is 0 Å². The molecule has 0 fully saturated rings. The van der Waals surface area contributed by atoms with Gasteiger partial charge in [0.25, 0.3) is 0 Å². The van der Waals surface area contributed by atoms with E-state index in [9.17, 15) is 0 Å². The summed E-state index contributed by atoms with van der Waals surface area (Å²) >= 11 is 3.49. The zero-order chi connectivity index (χ0) is 11.5. The molecule has 0 unspecified atom stereocenters. The maximum Gasteiger partial charge on any atom is 0.0649 e. The van der Waals surface area contributed by atoms with Crippen LogP contribution in [0.4, 0.5) is 0 Å². The van der Waals surface area contributed by atoms with E-state index in [4.69, 9.17) is 0 Å². The fraction of sp³-hybridized carbons (Fsp3) is 0.250. The number of nitrogens with one attached hydrogen (secondary N) is 1. The minimum absolute atomic E-state index is 0.843. The van der Waals surface area contributed by atoms with E-state index in [1.54, 1.807) is 0 Å². The van der Waals surface area contributed by atoms with E-state index in [0.717, 1.165) is 16.7 Å². The molecule has 0 radical (unpaired) electrons. The Morgan fingerprint density at radius 1 is 1.44 bits per heavy atom. The summed E-state index contributed by atoms with van der Waals surface area (Å²) in [5.74, 6) is 0. The quantitative estimate of drug-likeness (QED) is 0.936. The Balaban J connectivity index is 2.31. The molecule has 1 aromatic heterocycles. The van der Waals surface area contributed by atoms with E-state index in [-0.39, 0.29) is 0 Å². The van der Waals surface area contributed by atoms with Gasteiger partial charge >= 0.3 is 0 Å². The lowest BCUT2D eigenvalue weighted by Gasteiger charge is -2.04. The van der Waals surface area contributed by atoms with Crippen molar-refractivity contribution in [2.45, 2.75) is 13.5 Å². The first-order valence-corrected chi connectivity index (χ1v) is 5.94. The molecule has 3 nitrogen and oxygen atoms in total. The fourth-order valence-electron chi connectivity index (χ4n) is 1.57. The molecule has 16 heavy (non-hydrogen) atoms. The Morgan fingerprint density at radius 2 is 2.25 bits per heavy atom. The molecule has 2 rings (SSSR count). The number of aryl methyl sites for hydroxylation is 1. The average Bonchev–Trinajstić information content (AvgIpc) is 2.71. The molecule has 0 atom stereocenters. The van der Waals surface area contributed by atoms with Crippen molar-refractivity contribution >= 4 is 15.9 Å². The summed E-state index contributed by atoms with van der Waals surface area (Å²) < 4.78 is 3.02. The Morgan fingerprint density at radius 3 is 2.94 bits per heavy atom. The molecule has 84 valence electrons. The van der Waals surface area contributed by atoms with Gasteiger partial charge in [-0.05, 0) is 37.7 Å². The summed E-state index contributed by atoms with van der Waals surface area (Å²) in [6.07, 6.45) is 3.92. The van der Waals surface area contributed by atoms with Gasteiger partial charge in [0.15, 0.2) is 0 Å². The summed E-state index contributed by atoms with van der Waals surface area (Å²) in [5, 5.41) is 7.45. The molecule has 2 aromatic rings. The Hall–Kier alpha value is -1.13. The van der Waals surface area contributed by atoms with E-state index in [1.165, 1.54) is 11.1 Å². The number of benzene rings is 1. The van der Waals surface area contributed by atoms with Crippen LogP contribution < -0.4 is 5.32 Å². The van der Waals surface area contributed by atoms with Crippen molar-refractivity contribution in [3.63, 3.8) is 0 Å². The molecule has 0 aliphatic heterocycles. The highest BCUT2D eigenvalue weighted by Crippen LogP contribution is 2.19. The summed E-state index contributed by atoms with van der Waals surface area (Å²) in [7, 11) is 1.93. The van der Waals surface area contributed by atoms with Gasteiger partial charge in [0.1, 0.15) is 0 Å². The summed E-state index contributed by atoms with van der Waals surface area (Å²) in [6.45, 7) is 2.92. The van der Waals surface area contributed by atoms with Crippen molar-refractivity contribution in [2.75, 3.05) is 7.05 Å². The van der Waals surface area contributed by atoms with Gasteiger partial charge in [-0.25, -0.2) is 4.68 Å². The molecule has 0 aliphatic carbocycles. The molecule has 0 amide bonds. The first-order chi connectivity index (χ1) is 7.70. The van der Waals surface area contributed by atoms with Crippen LogP contribution in [0.2, 0.25) is 0 Å². The van der Waals surface area contributed by atoms with Crippen LogP contribution in [-0.2, 0) is 6.54 Å². The van der Waals surface area contributed by atoms with E-state index < -0.39 is 0 Å². The molecule has 0 saturated heterocycles. The van der Waals surface area contributed by atoms with E-state index in [2.05, 4.69) is 39.3 Å². The highest BCUT2D eigenvalue weighted by atomic mass is 79.9. The summed E-state index contributed by atoms with van der Waals surface area (Å²) in [6, 6.07) is 6.21. The zero-order valence-corrected chi connectivity index (χ0v) is 11.0. The summed E-state index contributed by atoms with van der Waals surface area (Å²) in [4.78, 5) is 0. The minimum atomic E-state index is 0.843. The lowest BCUT2D eigenvalue weighted by Crippen LogP contribution is -2.03. The number of hydrogen-bond donors (Lipinski definition) is 1. The number of hydrogen-bond acceptors (Lipinski definition) is 2. The van der Waals surface area contributed by atoms with Gasteiger partial charge < -0.3 is 5.32 Å². The standard InChI is InChI=1S/C12H14BrN3/c1-9-5-11(3-4-12(9)13)16-8-10(6-14-2)7-15-16/h3-5,7-8,14H,6H2,1-2H3. The lowest BCUT2D eigenvalue weighted by molar-refractivity contribution is 0.816. The van der Waals surface area contributed by atoms with Gasteiger partial charge in [-0.15, -0.1) is 0 Å². The third-order valence-electron chi connectivity index (χ3n) is 2.42. The zero-order valence-electron chi connectivity index (χ0n) is 9.37. The van der Waals surface area contributed by atoms with Crippen LogP contribution in [0, 0.1) is 6.92 Å². The van der Waals surface area contributed by atoms with E-state index in [1.807, 2.05) is 36.3 Å². The van der Waals surface area contributed by atoms with Gasteiger partial charge in [-0.1, -0.05) is 15.9 Å². The predicted molar refractivity (Wildman–Crippen MR) is 68.8 cm³/mol. The van der Waals surface area contributed by atoms with Gasteiger partial charge in [-0.3, -0.25) is 0 Å². The molecular formula is C12H14BrN3. The Bertz CT molecular complexity index is 491. The van der Waals surface area contributed by atoms with Crippen LogP contribution in [0.25, 0.3) is 5.69 Å².